The molecule has 2 aromatic rings. The molecule has 1 aromatic heterocycles. The monoisotopic (exact) mass is 324 g/mol. The first-order valence-corrected chi connectivity index (χ1v) is 7.48. The van der Waals surface area contributed by atoms with Crippen LogP contribution in [-0.2, 0) is 0 Å². The molecule has 0 spiro atoms. The lowest BCUT2D eigenvalue weighted by Gasteiger charge is -2.30. The van der Waals surface area contributed by atoms with Gasteiger partial charge in [-0.2, -0.15) is 10.2 Å². The molecular formula is C16H16N6O2. The fraction of sp³-hybridized carbons (Fsp3) is 0.250. The fourth-order valence-electron chi connectivity index (χ4n) is 2.46. The highest BCUT2D eigenvalue weighted by atomic mass is 16.5. The molecule has 1 amide bonds. The van der Waals surface area contributed by atoms with E-state index in [1.54, 1.807) is 12.1 Å². The number of hydrogen-bond acceptors (Lipinski definition) is 7. The summed E-state index contributed by atoms with van der Waals surface area (Å²) in [6.45, 7) is 3.38. The van der Waals surface area contributed by atoms with E-state index in [1.165, 1.54) is 12.3 Å². The Kier molecular flexibility index (Phi) is 4.54. The zero-order valence-corrected chi connectivity index (χ0v) is 12.9. The number of anilines is 1. The number of nitrogens with two attached hydrogens (primary N) is 1. The molecule has 2 heterocycles. The van der Waals surface area contributed by atoms with Crippen molar-refractivity contribution in [3.8, 4) is 17.8 Å². The fourth-order valence-corrected chi connectivity index (χ4v) is 2.46. The molecule has 122 valence electrons. The normalized spacial score (nSPS) is 14.0. The van der Waals surface area contributed by atoms with Gasteiger partial charge in [0.25, 0.3) is 5.91 Å². The number of hydrogen-bond donors (Lipinski definition) is 2. The first-order valence-electron chi connectivity index (χ1n) is 7.48. The predicted molar refractivity (Wildman–Crippen MR) is 86.9 cm³/mol. The molecule has 8 nitrogen and oxygen atoms in total. The Bertz CT molecular complexity index is 795. The van der Waals surface area contributed by atoms with Gasteiger partial charge in [0.2, 0.25) is 0 Å². The number of benzene rings is 1. The van der Waals surface area contributed by atoms with Gasteiger partial charge in [0.05, 0.1) is 17.3 Å². The highest BCUT2D eigenvalue weighted by molar-refractivity contribution is 5.90. The third-order valence-corrected chi connectivity index (χ3v) is 3.63. The number of piperazine rings is 1. The number of nitriles is 1. The van der Waals surface area contributed by atoms with Crippen LogP contribution in [0.25, 0.3) is 0 Å². The van der Waals surface area contributed by atoms with Gasteiger partial charge in [-0.1, -0.05) is 0 Å². The summed E-state index contributed by atoms with van der Waals surface area (Å²) in [4.78, 5) is 21.4. The number of rotatable bonds is 4. The molecule has 0 atom stereocenters. The van der Waals surface area contributed by atoms with Crippen molar-refractivity contribution in [1.82, 2.24) is 15.3 Å². The van der Waals surface area contributed by atoms with Crippen LogP contribution in [0.4, 0.5) is 5.69 Å². The third-order valence-electron chi connectivity index (χ3n) is 3.63. The average Bonchev–Trinajstić information content (AvgIpc) is 2.62. The van der Waals surface area contributed by atoms with E-state index in [0.717, 1.165) is 31.9 Å². The van der Waals surface area contributed by atoms with Gasteiger partial charge in [0.1, 0.15) is 5.69 Å². The molecule has 24 heavy (non-hydrogen) atoms. The first-order chi connectivity index (χ1) is 11.7. The first kappa shape index (κ1) is 15.7. The minimum atomic E-state index is -0.657. The minimum absolute atomic E-state index is 0.0118. The minimum Gasteiger partial charge on any atom is -0.422 e. The third kappa shape index (κ3) is 3.42. The summed E-state index contributed by atoms with van der Waals surface area (Å²) in [7, 11) is 0. The second kappa shape index (κ2) is 6.93. The lowest BCUT2D eigenvalue weighted by Crippen LogP contribution is -2.43. The quantitative estimate of drug-likeness (QED) is 0.847. The Morgan fingerprint density at radius 3 is 2.83 bits per heavy atom. The molecule has 3 rings (SSSR count). The van der Waals surface area contributed by atoms with Crippen molar-refractivity contribution in [2.45, 2.75) is 0 Å². The van der Waals surface area contributed by atoms with Crippen LogP contribution < -0.4 is 20.7 Å². The largest absolute Gasteiger partial charge is 0.422 e. The van der Waals surface area contributed by atoms with Crippen molar-refractivity contribution < 1.29 is 9.53 Å². The second-order valence-electron chi connectivity index (χ2n) is 5.22. The van der Waals surface area contributed by atoms with Crippen molar-refractivity contribution in [2.24, 2.45) is 5.73 Å². The molecule has 1 saturated heterocycles. The van der Waals surface area contributed by atoms with Crippen molar-refractivity contribution in [3.05, 3.63) is 41.7 Å². The molecule has 1 aliphatic rings. The van der Waals surface area contributed by atoms with Crippen LogP contribution in [-0.4, -0.2) is 42.1 Å². The summed E-state index contributed by atoms with van der Waals surface area (Å²) in [5, 5.41) is 12.4. The second-order valence-corrected chi connectivity index (χ2v) is 5.22. The Balaban J connectivity index is 1.94. The molecular weight excluding hydrogens is 308 g/mol. The number of primary amides is 1. The van der Waals surface area contributed by atoms with Crippen LogP contribution in [0.3, 0.4) is 0 Å². The lowest BCUT2D eigenvalue weighted by molar-refractivity contribution is 0.0994. The highest BCUT2D eigenvalue weighted by Crippen LogP contribution is 2.32. The molecule has 0 unspecified atom stereocenters. The Morgan fingerprint density at radius 2 is 2.12 bits per heavy atom. The van der Waals surface area contributed by atoms with Crippen molar-refractivity contribution in [1.29, 1.82) is 5.26 Å². The number of ether oxygens (including phenoxy) is 1. The zero-order chi connectivity index (χ0) is 16.9. The number of nitrogens with one attached hydrogen (secondary N) is 1. The van der Waals surface area contributed by atoms with Gasteiger partial charge >= 0.3 is 6.01 Å². The summed E-state index contributed by atoms with van der Waals surface area (Å²) in [5.41, 5.74) is 6.61. The smallest absolute Gasteiger partial charge is 0.322 e. The number of carbonyl (C=O) groups excluding carboxylic acids is 1. The number of carbonyl (C=O) groups is 1. The van der Waals surface area contributed by atoms with Gasteiger partial charge in [-0.25, -0.2) is 4.98 Å². The molecule has 1 aromatic carbocycles. The topological polar surface area (TPSA) is 117 Å². The van der Waals surface area contributed by atoms with Crippen molar-refractivity contribution in [3.63, 3.8) is 0 Å². The van der Waals surface area contributed by atoms with Gasteiger partial charge in [-0.15, -0.1) is 0 Å². The molecule has 0 radical (unpaired) electrons. The zero-order valence-electron chi connectivity index (χ0n) is 12.9. The molecule has 0 bridgehead atoms. The maximum absolute atomic E-state index is 11.2. The number of nitrogens with zero attached hydrogens (tertiary/aromatic N) is 4. The molecule has 0 aliphatic carbocycles. The summed E-state index contributed by atoms with van der Waals surface area (Å²) in [6.07, 6.45) is 1.40. The summed E-state index contributed by atoms with van der Waals surface area (Å²) in [5.74, 6) is -0.187. The predicted octanol–water partition coefficient (Wildman–Crippen LogP) is 0.649. The van der Waals surface area contributed by atoms with Crippen LogP contribution >= 0.6 is 0 Å². The van der Waals surface area contributed by atoms with Gasteiger partial charge in [0, 0.05) is 38.4 Å². The molecule has 8 heteroatoms. The maximum atomic E-state index is 11.2. The molecule has 0 saturated carbocycles. The Hall–Kier alpha value is -3.18. The van der Waals surface area contributed by atoms with E-state index >= 15 is 0 Å². The van der Waals surface area contributed by atoms with E-state index in [0.29, 0.717) is 11.3 Å². The Labute approximate surface area is 138 Å². The van der Waals surface area contributed by atoms with Gasteiger partial charge in [-0.05, 0) is 18.2 Å². The van der Waals surface area contributed by atoms with Crippen LogP contribution in [0.2, 0.25) is 0 Å². The van der Waals surface area contributed by atoms with E-state index in [2.05, 4.69) is 26.3 Å². The molecule has 3 N–H and O–H groups in total. The van der Waals surface area contributed by atoms with Gasteiger partial charge in [-0.3, -0.25) is 4.79 Å². The van der Waals surface area contributed by atoms with Gasteiger partial charge in [0.15, 0.2) is 5.75 Å². The number of aromatic nitrogens is 2. The van der Waals surface area contributed by atoms with Gasteiger partial charge < -0.3 is 20.7 Å². The lowest BCUT2D eigenvalue weighted by atomic mass is 10.1. The number of amides is 1. The van der Waals surface area contributed by atoms with Crippen LogP contribution in [0.1, 0.15) is 16.1 Å². The molecule has 1 aliphatic heterocycles. The van der Waals surface area contributed by atoms with Crippen LogP contribution in [0, 0.1) is 11.3 Å². The van der Waals surface area contributed by atoms with Crippen LogP contribution in [0.5, 0.6) is 11.8 Å². The standard InChI is InChI=1S/C16H16N6O2/c17-10-11-1-2-13(22-7-5-19-6-8-22)14(9-11)24-16-20-4-3-12(21-16)15(18)23/h1-4,9,19H,5-8H2,(H2,18,23). The van der Waals surface area contributed by atoms with E-state index < -0.39 is 5.91 Å². The SMILES string of the molecule is N#Cc1ccc(N2CCNCC2)c(Oc2nccc(C(N)=O)n2)c1. The van der Waals surface area contributed by atoms with E-state index in [9.17, 15) is 4.79 Å². The van der Waals surface area contributed by atoms with Crippen molar-refractivity contribution >= 4 is 11.6 Å². The highest BCUT2D eigenvalue weighted by Gasteiger charge is 2.17. The summed E-state index contributed by atoms with van der Waals surface area (Å²) in [6, 6.07) is 8.74. The van der Waals surface area contributed by atoms with E-state index in [4.69, 9.17) is 15.7 Å². The average molecular weight is 324 g/mol. The Morgan fingerprint density at radius 1 is 1.33 bits per heavy atom. The van der Waals surface area contributed by atoms with Crippen LogP contribution in [0.15, 0.2) is 30.5 Å². The molecule has 1 fully saturated rings. The van der Waals surface area contributed by atoms with E-state index in [-0.39, 0.29) is 11.7 Å². The van der Waals surface area contributed by atoms with E-state index in [1.807, 2.05) is 6.07 Å². The summed E-state index contributed by atoms with van der Waals surface area (Å²) >= 11 is 0. The summed E-state index contributed by atoms with van der Waals surface area (Å²) < 4.78 is 5.75. The van der Waals surface area contributed by atoms with Crippen molar-refractivity contribution in [2.75, 3.05) is 31.1 Å². The maximum Gasteiger partial charge on any atom is 0.322 e.